The first kappa shape index (κ1) is 12.9. The topological polar surface area (TPSA) is 39.2 Å². The van der Waals surface area contributed by atoms with Crippen molar-refractivity contribution in [2.75, 3.05) is 6.61 Å². The molecule has 0 unspecified atom stereocenters. The van der Waals surface area contributed by atoms with Gasteiger partial charge in [0.05, 0.1) is 12.8 Å². The maximum atomic E-state index is 12.6. The predicted octanol–water partition coefficient (Wildman–Crippen LogP) is 3.08. The molecule has 102 valence electrons. The van der Waals surface area contributed by atoms with E-state index in [0.717, 1.165) is 12.8 Å². The molecule has 0 saturated carbocycles. The number of Topliss-reactive ketones (excluding diaryl/α,β-unsaturated/α-hetero) is 1. The molecule has 0 radical (unpaired) electrons. The number of pyridine rings is 1. The Bertz CT molecular complexity index is 611. The third-order valence-corrected chi connectivity index (χ3v) is 3.73. The van der Waals surface area contributed by atoms with E-state index in [1.807, 2.05) is 19.1 Å². The average molecular weight is 267 g/mol. The quantitative estimate of drug-likeness (QED) is 0.799. The third kappa shape index (κ3) is 2.44. The van der Waals surface area contributed by atoms with Crippen molar-refractivity contribution in [2.45, 2.75) is 19.8 Å². The van der Waals surface area contributed by atoms with E-state index in [4.69, 9.17) is 4.74 Å². The largest absolute Gasteiger partial charge is 0.492 e. The van der Waals surface area contributed by atoms with Gasteiger partial charge in [-0.3, -0.25) is 9.78 Å². The molecule has 1 aliphatic carbocycles. The molecule has 0 saturated heterocycles. The molecule has 3 nitrogen and oxygen atoms in total. The van der Waals surface area contributed by atoms with Crippen LogP contribution in [0.4, 0.5) is 0 Å². The molecule has 0 bridgehead atoms. The Morgan fingerprint density at radius 1 is 1.25 bits per heavy atom. The zero-order chi connectivity index (χ0) is 13.9. The van der Waals surface area contributed by atoms with Crippen molar-refractivity contribution in [3.05, 3.63) is 59.4 Å². The smallest absolute Gasteiger partial charge is 0.168 e. The van der Waals surface area contributed by atoms with Gasteiger partial charge in [-0.15, -0.1) is 0 Å². The maximum Gasteiger partial charge on any atom is 0.168 e. The Balaban J connectivity index is 1.79. The summed E-state index contributed by atoms with van der Waals surface area (Å²) >= 11 is 0. The molecule has 0 fully saturated rings. The van der Waals surface area contributed by atoms with Crippen LogP contribution in [0, 0.1) is 5.92 Å². The number of ether oxygens (including phenoxy) is 1. The second-order valence-electron chi connectivity index (χ2n) is 5.08. The highest BCUT2D eigenvalue weighted by Crippen LogP contribution is 2.29. The van der Waals surface area contributed by atoms with Crippen molar-refractivity contribution in [3.63, 3.8) is 0 Å². The number of hydrogen-bond donors (Lipinski definition) is 0. The molecule has 2 aromatic rings. The molecule has 20 heavy (non-hydrogen) atoms. The van der Waals surface area contributed by atoms with Crippen LogP contribution in [0.1, 0.15) is 28.4 Å². The summed E-state index contributed by atoms with van der Waals surface area (Å²) in [5.74, 6) is 0.857. The fraction of sp³-hybridized carbons (Fsp3) is 0.294. The van der Waals surface area contributed by atoms with Crippen LogP contribution in [-0.2, 0) is 12.8 Å². The van der Waals surface area contributed by atoms with Crippen LogP contribution < -0.4 is 4.74 Å². The first-order chi connectivity index (χ1) is 9.78. The van der Waals surface area contributed by atoms with Crippen molar-refractivity contribution in [3.8, 4) is 5.75 Å². The van der Waals surface area contributed by atoms with Crippen molar-refractivity contribution >= 4 is 5.78 Å². The van der Waals surface area contributed by atoms with E-state index in [-0.39, 0.29) is 11.7 Å². The summed E-state index contributed by atoms with van der Waals surface area (Å²) < 4.78 is 5.41. The van der Waals surface area contributed by atoms with Crippen LogP contribution in [0.2, 0.25) is 0 Å². The minimum absolute atomic E-state index is 0.0334. The molecule has 0 amide bonds. The number of hydrogen-bond acceptors (Lipinski definition) is 3. The Labute approximate surface area is 118 Å². The lowest BCUT2D eigenvalue weighted by Crippen LogP contribution is -2.15. The predicted molar refractivity (Wildman–Crippen MR) is 77.1 cm³/mol. The van der Waals surface area contributed by atoms with Gasteiger partial charge in [-0.25, -0.2) is 0 Å². The molecule has 3 rings (SSSR count). The van der Waals surface area contributed by atoms with Gasteiger partial charge in [-0.2, -0.15) is 0 Å². The molecule has 1 aromatic heterocycles. The van der Waals surface area contributed by atoms with Gasteiger partial charge in [-0.1, -0.05) is 24.3 Å². The lowest BCUT2D eigenvalue weighted by Gasteiger charge is -2.09. The molecular weight excluding hydrogens is 250 g/mol. The van der Waals surface area contributed by atoms with Gasteiger partial charge in [0.25, 0.3) is 0 Å². The molecule has 1 aliphatic rings. The number of benzene rings is 1. The molecule has 3 heteroatoms. The summed E-state index contributed by atoms with van der Waals surface area (Å²) in [5.41, 5.74) is 3.23. The van der Waals surface area contributed by atoms with Crippen LogP contribution >= 0.6 is 0 Å². The monoisotopic (exact) mass is 267 g/mol. The van der Waals surface area contributed by atoms with Crippen LogP contribution in [0.25, 0.3) is 0 Å². The van der Waals surface area contributed by atoms with E-state index in [9.17, 15) is 4.79 Å². The molecule has 1 aromatic carbocycles. The summed E-state index contributed by atoms with van der Waals surface area (Å²) in [4.78, 5) is 16.7. The van der Waals surface area contributed by atoms with E-state index in [2.05, 4.69) is 17.1 Å². The fourth-order valence-electron chi connectivity index (χ4n) is 2.78. The fourth-order valence-corrected chi connectivity index (χ4v) is 2.78. The number of fused-ring (bicyclic) bond motifs is 1. The number of aromatic nitrogens is 1. The van der Waals surface area contributed by atoms with Gasteiger partial charge in [0.15, 0.2) is 5.78 Å². The highest BCUT2D eigenvalue weighted by molar-refractivity contribution is 5.98. The molecule has 0 spiro atoms. The van der Waals surface area contributed by atoms with Crippen LogP contribution in [0.15, 0.2) is 42.7 Å². The Morgan fingerprint density at radius 2 is 1.95 bits per heavy atom. The summed E-state index contributed by atoms with van der Waals surface area (Å²) in [6.07, 6.45) is 4.93. The molecule has 1 heterocycles. The van der Waals surface area contributed by atoms with Crippen molar-refractivity contribution in [1.82, 2.24) is 4.98 Å². The number of carbonyl (C=O) groups is 1. The van der Waals surface area contributed by atoms with E-state index < -0.39 is 0 Å². The van der Waals surface area contributed by atoms with Crippen LogP contribution in [0.3, 0.4) is 0 Å². The minimum atomic E-state index is 0.0334. The van der Waals surface area contributed by atoms with Crippen molar-refractivity contribution < 1.29 is 9.53 Å². The zero-order valence-corrected chi connectivity index (χ0v) is 11.5. The highest BCUT2D eigenvalue weighted by Gasteiger charge is 2.28. The molecule has 0 N–H and O–H groups in total. The summed E-state index contributed by atoms with van der Waals surface area (Å²) in [6.45, 7) is 2.50. The zero-order valence-electron chi connectivity index (χ0n) is 11.5. The van der Waals surface area contributed by atoms with E-state index in [0.29, 0.717) is 17.9 Å². The van der Waals surface area contributed by atoms with Gasteiger partial charge >= 0.3 is 0 Å². The van der Waals surface area contributed by atoms with E-state index in [1.165, 1.54) is 11.1 Å². The van der Waals surface area contributed by atoms with Gasteiger partial charge in [0.2, 0.25) is 0 Å². The number of rotatable bonds is 4. The third-order valence-electron chi connectivity index (χ3n) is 3.73. The first-order valence-corrected chi connectivity index (χ1v) is 6.96. The van der Waals surface area contributed by atoms with Crippen molar-refractivity contribution in [2.24, 2.45) is 5.92 Å². The number of carbonyl (C=O) groups excluding carboxylic acids is 1. The average Bonchev–Trinajstić information content (AvgIpc) is 2.91. The van der Waals surface area contributed by atoms with Gasteiger partial charge in [0, 0.05) is 17.7 Å². The second-order valence-corrected chi connectivity index (χ2v) is 5.08. The lowest BCUT2D eigenvalue weighted by molar-refractivity contribution is 0.0924. The summed E-state index contributed by atoms with van der Waals surface area (Å²) in [5, 5.41) is 0. The summed E-state index contributed by atoms with van der Waals surface area (Å²) in [6, 6.07) is 10.1. The second kappa shape index (κ2) is 5.45. The molecule has 0 aliphatic heterocycles. The van der Waals surface area contributed by atoms with E-state index >= 15 is 0 Å². The van der Waals surface area contributed by atoms with Crippen LogP contribution in [-0.4, -0.2) is 17.4 Å². The first-order valence-electron chi connectivity index (χ1n) is 6.96. The molecule has 0 atom stereocenters. The Hall–Kier alpha value is -2.16. The lowest BCUT2D eigenvalue weighted by atomic mass is 9.96. The standard InChI is InChI=1S/C17H17NO2/c1-2-20-16-9-15(10-18-11-16)17(19)14-7-12-5-3-4-6-13(12)8-14/h3-6,9-11,14H,2,7-8H2,1H3. The SMILES string of the molecule is CCOc1cncc(C(=O)C2Cc3ccccc3C2)c1. The summed E-state index contributed by atoms with van der Waals surface area (Å²) in [7, 11) is 0. The van der Waals surface area contributed by atoms with Gasteiger partial charge < -0.3 is 4.74 Å². The van der Waals surface area contributed by atoms with E-state index in [1.54, 1.807) is 18.5 Å². The number of ketones is 1. The highest BCUT2D eigenvalue weighted by atomic mass is 16.5. The normalized spacial score (nSPS) is 14.1. The Morgan fingerprint density at radius 3 is 2.60 bits per heavy atom. The van der Waals surface area contributed by atoms with Crippen molar-refractivity contribution in [1.29, 1.82) is 0 Å². The Kier molecular flexibility index (Phi) is 3.50. The van der Waals surface area contributed by atoms with Gasteiger partial charge in [0.1, 0.15) is 5.75 Å². The minimum Gasteiger partial charge on any atom is -0.492 e. The van der Waals surface area contributed by atoms with Crippen LogP contribution in [0.5, 0.6) is 5.75 Å². The van der Waals surface area contributed by atoms with Gasteiger partial charge in [-0.05, 0) is 37.0 Å². The number of nitrogens with zero attached hydrogens (tertiary/aromatic N) is 1. The maximum absolute atomic E-state index is 12.6. The molecular formula is C17H17NO2.